The van der Waals surface area contributed by atoms with E-state index in [0.717, 1.165) is 34.4 Å². The molecule has 0 saturated heterocycles. The van der Waals surface area contributed by atoms with E-state index in [1.165, 1.54) is 11.3 Å². The van der Waals surface area contributed by atoms with Crippen LogP contribution >= 0.6 is 35.3 Å². The van der Waals surface area contributed by atoms with Crippen LogP contribution in [0.4, 0.5) is 5.13 Å². The number of fused-ring (bicyclic) bond motifs is 1. The maximum atomic E-state index is 13.6. The summed E-state index contributed by atoms with van der Waals surface area (Å²) in [5, 5.41) is 5.90. The van der Waals surface area contributed by atoms with Crippen molar-refractivity contribution in [2.24, 2.45) is 0 Å². The Morgan fingerprint density at radius 2 is 1.93 bits per heavy atom. The molecule has 2 heterocycles. The third-order valence-electron chi connectivity index (χ3n) is 4.77. The molecule has 0 aliphatic carbocycles. The summed E-state index contributed by atoms with van der Waals surface area (Å²) in [4.78, 5) is 22.3. The average Bonchev–Trinajstić information content (AvgIpc) is 3.25. The smallest absolute Gasteiger partial charge is 0.278 e. The first-order valence-electron chi connectivity index (χ1n) is 9.77. The molecule has 0 atom stereocenters. The first-order valence-corrected chi connectivity index (χ1v) is 11.0. The molecule has 0 aliphatic rings. The fourth-order valence-electron chi connectivity index (χ4n) is 3.24. The molecule has 0 aliphatic heterocycles. The summed E-state index contributed by atoms with van der Waals surface area (Å²) in [7, 11) is 4.07. The van der Waals surface area contributed by atoms with Crippen molar-refractivity contribution in [3.8, 4) is 0 Å². The van der Waals surface area contributed by atoms with Crippen molar-refractivity contribution in [2.75, 3.05) is 32.1 Å². The predicted octanol–water partition coefficient (Wildman–Crippen LogP) is 5.36. The topological polar surface area (TPSA) is 54.3 Å². The lowest BCUT2D eigenvalue weighted by atomic mass is 10.2. The van der Waals surface area contributed by atoms with Gasteiger partial charge in [0.25, 0.3) is 5.91 Å². The standard InChI is InChI=1S/C21H28ClN5OS.ClH/c1-13(2)27-17(12-14(3)24-27)20(28)26(11-7-10-25(5)6)21-23-19-15(4)16(22)8-9-18(19)29-21;/h8-9,12-13H,7,10-11H2,1-6H3;1H. The first kappa shape index (κ1) is 24.6. The van der Waals surface area contributed by atoms with Gasteiger partial charge in [0.05, 0.1) is 15.9 Å². The fraction of sp³-hybridized carbons (Fsp3) is 0.476. The molecule has 9 heteroatoms. The van der Waals surface area contributed by atoms with Gasteiger partial charge in [-0.1, -0.05) is 22.9 Å². The van der Waals surface area contributed by atoms with Gasteiger partial charge in [-0.2, -0.15) is 5.10 Å². The molecular formula is C21H29Cl2N5OS. The van der Waals surface area contributed by atoms with Gasteiger partial charge in [0, 0.05) is 17.6 Å². The zero-order valence-corrected chi connectivity index (χ0v) is 20.7. The van der Waals surface area contributed by atoms with Crippen molar-refractivity contribution >= 4 is 56.6 Å². The molecule has 2 aromatic heterocycles. The second-order valence-electron chi connectivity index (χ2n) is 7.84. The molecule has 0 N–H and O–H groups in total. The molecule has 1 amide bonds. The highest BCUT2D eigenvalue weighted by atomic mass is 35.5. The van der Waals surface area contributed by atoms with Crippen LogP contribution in [0.2, 0.25) is 5.02 Å². The summed E-state index contributed by atoms with van der Waals surface area (Å²) in [6.07, 6.45) is 0.850. The Labute approximate surface area is 193 Å². The van der Waals surface area contributed by atoms with Crippen LogP contribution in [0.3, 0.4) is 0 Å². The lowest BCUT2D eigenvalue weighted by Crippen LogP contribution is -2.35. The van der Waals surface area contributed by atoms with E-state index in [2.05, 4.69) is 10.00 Å². The van der Waals surface area contributed by atoms with Crippen LogP contribution in [0.5, 0.6) is 0 Å². The summed E-state index contributed by atoms with van der Waals surface area (Å²) in [5.74, 6) is -0.0686. The van der Waals surface area contributed by atoms with Gasteiger partial charge in [-0.3, -0.25) is 14.4 Å². The van der Waals surface area contributed by atoms with Gasteiger partial charge in [-0.15, -0.1) is 12.4 Å². The summed E-state index contributed by atoms with van der Waals surface area (Å²) in [5.41, 5.74) is 3.23. The van der Waals surface area contributed by atoms with Crippen LogP contribution < -0.4 is 4.90 Å². The molecule has 0 fully saturated rings. The molecule has 6 nitrogen and oxygen atoms in total. The van der Waals surface area contributed by atoms with E-state index in [1.807, 2.05) is 60.0 Å². The minimum Gasteiger partial charge on any atom is -0.309 e. The third-order valence-corrected chi connectivity index (χ3v) is 6.22. The number of hydrogen-bond donors (Lipinski definition) is 0. The summed E-state index contributed by atoms with van der Waals surface area (Å²) >= 11 is 7.80. The summed E-state index contributed by atoms with van der Waals surface area (Å²) in [6.45, 7) is 9.41. The third kappa shape index (κ3) is 5.14. The second-order valence-corrected chi connectivity index (χ2v) is 9.25. The van der Waals surface area contributed by atoms with Gasteiger partial charge in [-0.25, -0.2) is 4.98 Å². The van der Waals surface area contributed by atoms with Crippen LogP contribution in [0.25, 0.3) is 10.2 Å². The van der Waals surface area contributed by atoms with Crippen molar-refractivity contribution < 1.29 is 4.79 Å². The van der Waals surface area contributed by atoms with Crippen LogP contribution in [0, 0.1) is 13.8 Å². The maximum absolute atomic E-state index is 13.6. The van der Waals surface area contributed by atoms with Crippen molar-refractivity contribution in [1.29, 1.82) is 0 Å². The number of aromatic nitrogens is 3. The highest BCUT2D eigenvalue weighted by Gasteiger charge is 2.26. The molecule has 0 spiro atoms. The minimum absolute atomic E-state index is 0. The normalized spacial score (nSPS) is 11.4. The molecule has 3 rings (SSSR count). The Bertz CT molecular complexity index is 1030. The molecule has 30 heavy (non-hydrogen) atoms. The van der Waals surface area contributed by atoms with Crippen molar-refractivity contribution in [3.05, 3.63) is 40.2 Å². The zero-order chi connectivity index (χ0) is 21.3. The van der Waals surface area contributed by atoms with E-state index in [1.54, 1.807) is 9.58 Å². The van der Waals surface area contributed by atoms with Gasteiger partial charge in [0.15, 0.2) is 5.13 Å². The Kier molecular flexibility index (Phi) is 8.27. The number of nitrogens with zero attached hydrogens (tertiary/aromatic N) is 5. The van der Waals surface area contributed by atoms with Gasteiger partial charge in [-0.05, 0) is 78.5 Å². The maximum Gasteiger partial charge on any atom is 0.278 e. The summed E-state index contributed by atoms with van der Waals surface area (Å²) < 4.78 is 2.83. The molecule has 0 unspecified atom stereocenters. The van der Waals surface area contributed by atoms with Crippen LogP contribution in [0.1, 0.15) is 48.1 Å². The van der Waals surface area contributed by atoms with E-state index >= 15 is 0 Å². The largest absolute Gasteiger partial charge is 0.309 e. The number of benzene rings is 1. The van der Waals surface area contributed by atoms with Gasteiger partial charge in [0.1, 0.15) is 5.69 Å². The van der Waals surface area contributed by atoms with Crippen molar-refractivity contribution in [1.82, 2.24) is 19.7 Å². The molecule has 1 aromatic carbocycles. The highest BCUT2D eigenvalue weighted by Crippen LogP contribution is 2.34. The summed E-state index contributed by atoms with van der Waals surface area (Å²) in [6, 6.07) is 5.81. The predicted molar refractivity (Wildman–Crippen MR) is 129 cm³/mol. The second kappa shape index (κ2) is 10.1. The molecule has 0 bridgehead atoms. The Balaban J connectivity index is 0.00000320. The van der Waals surface area contributed by atoms with Crippen LogP contribution in [-0.2, 0) is 0 Å². The van der Waals surface area contributed by atoms with E-state index in [9.17, 15) is 4.79 Å². The van der Waals surface area contributed by atoms with E-state index < -0.39 is 0 Å². The average molecular weight is 470 g/mol. The minimum atomic E-state index is -0.0686. The quantitative estimate of drug-likeness (QED) is 0.466. The van der Waals surface area contributed by atoms with Crippen molar-refractivity contribution in [2.45, 2.75) is 40.2 Å². The van der Waals surface area contributed by atoms with Gasteiger partial charge < -0.3 is 4.90 Å². The number of halogens is 2. The van der Waals surface area contributed by atoms with Crippen molar-refractivity contribution in [3.63, 3.8) is 0 Å². The number of carbonyl (C=O) groups is 1. The molecule has 164 valence electrons. The molecule has 3 aromatic rings. The van der Waals surface area contributed by atoms with Crippen LogP contribution in [-0.4, -0.2) is 52.8 Å². The number of amides is 1. The number of anilines is 1. The lowest BCUT2D eigenvalue weighted by molar-refractivity contribution is 0.0974. The number of carbonyl (C=O) groups excluding carboxylic acids is 1. The van der Waals surface area contributed by atoms with Crippen LogP contribution in [0.15, 0.2) is 18.2 Å². The Morgan fingerprint density at radius 3 is 2.57 bits per heavy atom. The SMILES string of the molecule is Cc1cc(C(=O)N(CCCN(C)C)c2nc3c(C)c(Cl)ccc3s2)n(C(C)C)n1.Cl. The number of hydrogen-bond acceptors (Lipinski definition) is 5. The lowest BCUT2D eigenvalue weighted by Gasteiger charge is -2.22. The Morgan fingerprint density at radius 1 is 1.23 bits per heavy atom. The molecular weight excluding hydrogens is 441 g/mol. The first-order chi connectivity index (χ1) is 13.7. The number of aryl methyl sites for hydroxylation is 2. The van der Waals surface area contributed by atoms with E-state index in [0.29, 0.717) is 22.4 Å². The molecule has 0 radical (unpaired) electrons. The Hall–Kier alpha value is -1.67. The monoisotopic (exact) mass is 469 g/mol. The zero-order valence-electron chi connectivity index (χ0n) is 18.3. The number of thiazole rings is 1. The fourth-order valence-corrected chi connectivity index (χ4v) is 4.44. The van der Waals surface area contributed by atoms with E-state index in [-0.39, 0.29) is 24.4 Å². The molecule has 0 saturated carbocycles. The highest BCUT2D eigenvalue weighted by molar-refractivity contribution is 7.22. The number of rotatable bonds is 7. The van der Waals surface area contributed by atoms with Gasteiger partial charge in [0.2, 0.25) is 0 Å². The van der Waals surface area contributed by atoms with E-state index in [4.69, 9.17) is 16.6 Å². The van der Waals surface area contributed by atoms with Gasteiger partial charge >= 0.3 is 0 Å².